The van der Waals surface area contributed by atoms with E-state index in [2.05, 4.69) is 20.4 Å². The van der Waals surface area contributed by atoms with Gasteiger partial charge in [-0.2, -0.15) is 4.98 Å². The number of ether oxygens (including phenoxy) is 1. The van der Waals surface area contributed by atoms with Gasteiger partial charge in [0.2, 0.25) is 5.89 Å². The number of anilines is 1. The molecule has 2 rings (SSSR count). The van der Waals surface area contributed by atoms with Gasteiger partial charge >= 0.3 is 0 Å². The van der Waals surface area contributed by atoms with Crippen LogP contribution in [0.15, 0.2) is 22.9 Å². The molecule has 0 aliphatic heterocycles. The number of hydrogen-bond donors (Lipinski definition) is 1. The number of methoxy groups -OCH3 is 1. The SMILES string of the molecule is COc1cccnc1NCc1nc(C)no1. The molecule has 0 aliphatic carbocycles. The van der Waals surface area contributed by atoms with Gasteiger partial charge in [-0.25, -0.2) is 4.98 Å². The Balaban J connectivity index is 2.04. The zero-order chi connectivity index (χ0) is 11.4. The summed E-state index contributed by atoms with van der Waals surface area (Å²) >= 11 is 0. The lowest BCUT2D eigenvalue weighted by Crippen LogP contribution is -2.03. The molecule has 0 radical (unpaired) electrons. The van der Waals surface area contributed by atoms with Crippen LogP contribution in [-0.4, -0.2) is 22.2 Å². The number of aryl methyl sites for hydroxylation is 1. The van der Waals surface area contributed by atoms with E-state index < -0.39 is 0 Å². The van der Waals surface area contributed by atoms with Crippen molar-refractivity contribution >= 4 is 5.82 Å². The monoisotopic (exact) mass is 220 g/mol. The molecule has 6 heteroatoms. The third kappa shape index (κ3) is 2.28. The van der Waals surface area contributed by atoms with Crippen LogP contribution in [0.25, 0.3) is 0 Å². The molecule has 0 bridgehead atoms. The highest BCUT2D eigenvalue weighted by molar-refractivity contribution is 5.49. The fourth-order valence-corrected chi connectivity index (χ4v) is 1.26. The van der Waals surface area contributed by atoms with E-state index in [0.29, 0.717) is 29.8 Å². The summed E-state index contributed by atoms with van der Waals surface area (Å²) in [6, 6.07) is 3.63. The van der Waals surface area contributed by atoms with E-state index in [-0.39, 0.29) is 0 Å². The first-order valence-corrected chi connectivity index (χ1v) is 4.81. The van der Waals surface area contributed by atoms with Crippen molar-refractivity contribution in [2.75, 3.05) is 12.4 Å². The Morgan fingerprint density at radius 2 is 2.38 bits per heavy atom. The van der Waals surface area contributed by atoms with Gasteiger partial charge in [0, 0.05) is 6.20 Å². The fourth-order valence-electron chi connectivity index (χ4n) is 1.26. The molecule has 1 N–H and O–H groups in total. The summed E-state index contributed by atoms with van der Waals surface area (Å²) in [7, 11) is 1.60. The van der Waals surface area contributed by atoms with Crippen molar-refractivity contribution < 1.29 is 9.26 Å². The van der Waals surface area contributed by atoms with Crippen LogP contribution in [0, 0.1) is 6.92 Å². The minimum atomic E-state index is 0.425. The van der Waals surface area contributed by atoms with E-state index in [9.17, 15) is 0 Å². The molecule has 0 saturated heterocycles. The molecular weight excluding hydrogens is 208 g/mol. The summed E-state index contributed by atoms with van der Waals surface area (Å²) in [5.41, 5.74) is 0. The summed E-state index contributed by atoms with van der Waals surface area (Å²) in [5.74, 6) is 2.47. The van der Waals surface area contributed by atoms with Crippen LogP contribution in [0.3, 0.4) is 0 Å². The van der Waals surface area contributed by atoms with Crippen LogP contribution in [0.2, 0.25) is 0 Å². The van der Waals surface area contributed by atoms with Gasteiger partial charge in [0.15, 0.2) is 17.4 Å². The van der Waals surface area contributed by atoms with Crippen LogP contribution < -0.4 is 10.1 Å². The zero-order valence-electron chi connectivity index (χ0n) is 9.10. The molecule has 2 heterocycles. The van der Waals surface area contributed by atoms with Gasteiger partial charge < -0.3 is 14.6 Å². The molecule has 0 aliphatic rings. The Labute approximate surface area is 92.7 Å². The van der Waals surface area contributed by atoms with Gasteiger partial charge in [-0.15, -0.1) is 0 Å². The van der Waals surface area contributed by atoms with Crippen LogP contribution in [0.4, 0.5) is 5.82 Å². The maximum absolute atomic E-state index is 5.15. The standard InChI is InChI=1S/C10H12N4O2/c1-7-13-9(16-14-7)6-12-10-8(15-2)4-3-5-11-10/h3-5H,6H2,1-2H3,(H,11,12). The first-order chi connectivity index (χ1) is 7.79. The van der Waals surface area contributed by atoms with Gasteiger partial charge in [0.1, 0.15) is 0 Å². The van der Waals surface area contributed by atoms with Crippen molar-refractivity contribution in [1.82, 2.24) is 15.1 Å². The lowest BCUT2D eigenvalue weighted by molar-refractivity contribution is 0.379. The third-order valence-electron chi connectivity index (χ3n) is 1.97. The number of nitrogens with zero attached hydrogens (tertiary/aromatic N) is 3. The predicted molar refractivity (Wildman–Crippen MR) is 57.2 cm³/mol. The van der Waals surface area contributed by atoms with Gasteiger partial charge in [-0.1, -0.05) is 5.16 Å². The van der Waals surface area contributed by atoms with Gasteiger partial charge in [0.05, 0.1) is 13.7 Å². The van der Waals surface area contributed by atoms with Gasteiger partial charge in [0.25, 0.3) is 0 Å². The number of rotatable bonds is 4. The molecule has 0 saturated carbocycles. The first-order valence-electron chi connectivity index (χ1n) is 4.81. The summed E-state index contributed by atoms with van der Waals surface area (Å²) in [6.07, 6.45) is 1.68. The van der Waals surface area contributed by atoms with Crippen molar-refractivity contribution in [3.63, 3.8) is 0 Å². The Kier molecular flexibility index (Phi) is 3.00. The molecule has 0 amide bonds. The largest absolute Gasteiger partial charge is 0.493 e. The minimum absolute atomic E-state index is 0.425. The second-order valence-electron chi connectivity index (χ2n) is 3.14. The summed E-state index contributed by atoms with van der Waals surface area (Å²) in [5, 5.41) is 6.76. The molecule has 2 aromatic rings. The summed E-state index contributed by atoms with van der Waals surface area (Å²) in [4.78, 5) is 8.22. The van der Waals surface area contributed by atoms with Crippen LogP contribution in [0.1, 0.15) is 11.7 Å². The minimum Gasteiger partial charge on any atom is -0.493 e. The lowest BCUT2D eigenvalue weighted by Gasteiger charge is -2.07. The van der Waals surface area contributed by atoms with Gasteiger partial charge in [-0.3, -0.25) is 0 Å². The van der Waals surface area contributed by atoms with E-state index in [0.717, 1.165) is 0 Å². The van der Waals surface area contributed by atoms with E-state index in [1.54, 1.807) is 26.3 Å². The van der Waals surface area contributed by atoms with E-state index in [4.69, 9.17) is 9.26 Å². The van der Waals surface area contributed by atoms with Crippen LogP contribution in [-0.2, 0) is 6.54 Å². The molecule has 0 fully saturated rings. The number of nitrogens with one attached hydrogen (secondary N) is 1. The summed E-state index contributed by atoms with van der Waals surface area (Å²) < 4.78 is 10.1. The topological polar surface area (TPSA) is 73.1 Å². The molecule has 16 heavy (non-hydrogen) atoms. The Morgan fingerprint density at radius 1 is 1.50 bits per heavy atom. The second-order valence-corrected chi connectivity index (χ2v) is 3.14. The van der Waals surface area contributed by atoms with Crippen LogP contribution in [0.5, 0.6) is 5.75 Å². The molecule has 0 unspecified atom stereocenters. The van der Waals surface area contributed by atoms with Crippen molar-refractivity contribution in [2.24, 2.45) is 0 Å². The average molecular weight is 220 g/mol. The van der Waals surface area contributed by atoms with Crippen molar-refractivity contribution in [3.05, 3.63) is 30.0 Å². The number of aromatic nitrogens is 3. The highest BCUT2D eigenvalue weighted by Crippen LogP contribution is 2.20. The number of hydrogen-bond acceptors (Lipinski definition) is 6. The second kappa shape index (κ2) is 4.61. The lowest BCUT2D eigenvalue weighted by atomic mass is 10.4. The van der Waals surface area contributed by atoms with Crippen LogP contribution >= 0.6 is 0 Å². The Morgan fingerprint density at radius 3 is 3.06 bits per heavy atom. The van der Waals surface area contributed by atoms with Crippen molar-refractivity contribution in [3.8, 4) is 5.75 Å². The molecule has 0 spiro atoms. The predicted octanol–water partition coefficient (Wildman–Crippen LogP) is 1.39. The summed E-state index contributed by atoms with van der Waals surface area (Å²) in [6.45, 7) is 2.20. The van der Waals surface area contributed by atoms with E-state index in [1.165, 1.54) is 0 Å². The quantitative estimate of drug-likeness (QED) is 0.839. The molecule has 0 aromatic carbocycles. The normalized spacial score (nSPS) is 10.1. The molecular formula is C10H12N4O2. The highest BCUT2D eigenvalue weighted by Gasteiger charge is 2.05. The third-order valence-corrected chi connectivity index (χ3v) is 1.97. The molecule has 6 nitrogen and oxygen atoms in total. The number of pyridine rings is 1. The Hall–Kier alpha value is -2.11. The first kappa shape index (κ1) is 10.4. The van der Waals surface area contributed by atoms with E-state index >= 15 is 0 Å². The Bertz CT molecular complexity index is 469. The van der Waals surface area contributed by atoms with Gasteiger partial charge in [-0.05, 0) is 19.1 Å². The highest BCUT2D eigenvalue weighted by atomic mass is 16.5. The smallest absolute Gasteiger partial charge is 0.245 e. The molecule has 84 valence electrons. The average Bonchev–Trinajstić information content (AvgIpc) is 2.73. The van der Waals surface area contributed by atoms with Crippen molar-refractivity contribution in [1.29, 1.82) is 0 Å². The molecule has 2 aromatic heterocycles. The van der Waals surface area contributed by atoms with Crippen molar-refractivity contribution in [2.45, 2.75) is 13.5 Å². The molecule has 0 atom stereocenters. The maximum Gasteiger partial charge on any atom is 0.245 e. The van der Waals surface area contributed by atoms with E-state index in [1.807, 2.05) is 6.07 Å². The zero-order valence-corrected chi connectivity index (χ0v) is 9.10. The maximum atomic E-state index is 5.15. The fraction of sp³-hybridized carbons (Fsp3) is 0.300.